The number of aliphatic carboxylic acids is 1. The lowest BCUT2D eigenvalue weighted by Crippen LogP contribution is -2.23. The summed E-state index contributed by atoms with van der Waals surface area (Å²) in [7, 11) is 0. The highest BCUT2D eigenvalue weighted by Gasteiger charge is 2.14. The Morgan fingerprint density at radius 2 is 2.19 bits per heavy atom. The molecule has 0 bridgehead atoms. The molecule has 2 N–H and O–H groups in total. The summed E-state index contributed by atoms with van der Waals surface area (Å²) in [4.78, 5) is 26.6. The van der Waals surface area contributed by atoms with E-state index in [1.807, 2.05) is 0 Å². The maximum atomic E-state index is 11.4. The summed E-state index contributed by atoms with van der Waals surface area (Å²) in [6.07, 6.45) is 0.650. The van der Waals surface area contributed by atoms with Crippen LogP contribution in [0.2, 0.25) is 0 Å². The highest BCUT2D eigenvalue weighted by atomic mass is 32.1. The number of thiazole rings is 1. The normalized spacial score (nSPS) is 11.9. The number of aromatic nitrogens is 1. The van der Waals surface area contributed by atoms with E-state index in [9.17, 15) is 9.59 Å². The lowest BCUT2D eigenvalue weighted by atomic mass is 10.2. The van der Waals surface area contributed by atoms with Crippen molar-refractivity contribution in [2.45, 2.75) is 26.4 Å². The summed E-state index contributed by atoms with van der Waals surface area (Å²) in [5, 5.41) is 15.3. The first kappa shape index (κ1) is 19.4. The highest BCUT2D eigenvalue weighted by molar-refractivity contribution is 7.13. The molecule has 1 aromatic heterocycles. The maximum Gasteiger partial charge on any atom is 0.344 e. The first-order valence-electron chi connectivity index (χ1n) is 7.87. The van der Waals surface area contributed by atoms with Crippen molar-refractivity contribution in [2.24, 2.45) is 5.10 Å². The van der Waals surface area contributed by atoms with E-state index in [0.717, 1.165) is 0 Å². The number of rotatable bonds is 9. The van der Waals surface area contributed by atoms with Crippen molar-refractivity contribution in [3.8, 4) is 5.75 Å². The van der Waals surface area contributed by atoms with Crippen LogP contribution in [-0.4, -0.2) is 41.0 Å². The van der Waals surface area contributed by atoms with E-state index >= 15 is 0 Å². The van der Waals surface area contributed by atoms with Gasteiger partial charge in [-0.3, -0.25) is 10.2 Å². The standard InChI is InChI=1S/C17H19N3O5S/c1-3-24-15(21)8-13-10-26-17(19-13)20-18-9-12-6-4-5-7-14(12)25-11(2)16(22)23/h4-7,9-11H,3,8H2,1-2H3,(H,19,20)(H,22,23). The van der Waals surface area contributed by atoms with Gasteiger partial charge in [0.1, 0.15) is 5.75 Å². The van der Waals surface area contributed by atoms with E-state index in [0.29, 0.717) is 28.7 Å². The van der Waals surface area contributed by atoms with Crippen molar-refractivity contribution >= 4 is 34.6 Å². The Morgan fingerprint density at radius 1 is 1.42 bits per heavy atom. The number of nitrogens with one attached hydrogen (secondary N) is 1. The quantitative estimate of drug-likeness (QED) is 0.392. The molecule has 0 aliphatic rings. The zero-order valence-corrected chi connectivity index (χ0v) is 15.2. The fraction of sp³-hybridized carbons (Fsp3) is 0.294. The first-order valence-corrected chi connectivity index (χ1v) is 8.75. The van der Waals surface area contributed by atoms with Crippen molar-refractivity contribution in [1.29, 1.82) is 0 Å². The molecule has 0 aliphatic heterocycles. The molecule has 9 heteroatoms. The van der Waals surface area contributed by atoms with Crippen LogP contribution in [0.3, 0.4) is 0 Å². The smallest absolute Gasteiger partial charge is 0.344 e. The number of ether oxygens (including phenoxy) is 2. The number of hydrogen-bond donors (Lipinski definition) is 2. The number of benzene rings is 1. The van der Waals surface area contributed by atoms with Gasteiger partial charge in [-0.25, -0.2) is 9.78 Å². The number of nitrogens with zero attached hydrogens (tertiary/aromatic N) is 2. The molecule has 0 aliphatic carbocycles. The lowest BCUT2D eigenvalue weighted by molar-refractivity contribution is -0.144. The highest BCUT2D eigenvalue weighted by Crippen LogP contribution is 2.19. The summed E-state index contributed by atoms with van der Waals surface area (Å²) in [5.41, 5.74) is 4.00. The summed E-state index contributed by atoms with van der Waals surface area (Å²) in [5.74, 6) is -0.964. The van der Waals surface area contributed by atoms with Crippen LogP contribution in [0, 0.1) is 0 Å². The van der Waals surface area contributed by atoms with Crippen LogP contribution < -0.4 is 10.2 Å². The fourth-order valence-electron chi connectivity index (χ4n) is 1.89. The molecule has 2 aromatic rings. The number of hydrogen-bond acceptors (Lipinski definition) is 8. The summed E-state index contributed by atoms with van der Waals surface area (Å²) in [6, 6.07) is 6.96. The van der Waals surface area contributed by atoms with E-state index in [4.69, 9.17) is 14.6 Å². The van der Waals surface area contributed by atoms with E-state index < -0.39 is 12.1 Å². The topological polar surface area (TPSA) is 110 Å². The maximum absolute atomic E-state index is 11.4. The number of carboxylic acid groups (broad SMARTS) is 1. The number of carboxylic acids is 1. The molecule has 0 radical (unpaired) electrons. The molecule has 0 amide bonds. The molecule has 26 heavy (non-hydrogen) atoms. The Balaban J connectivity index is 1.98. The number of para-hydroxylation sites is 1. The molecule has 1 heterocycles. The predicted molar refractivity (Wildman–Crippen MR) is 97.8 cm³/mol. The third-order valence-corrected chi connectivity index (χ3v) is 3.91. The lowest BCUT2D eigenvalue weighted by Gasteiger charge is -2.12. The van der Waals surface area contributed by atoms with E-state index in [2.05, 4.69) is 15.5 Å². The molecule has 1 aromatic carbocycles. The van der Waals surface area contributed by atoms with E-state index in [1.54, 1.807) is 36.6 Å². The first-order chi connectivity index (χ1) is 12.5. The van der Waals surface area contributed by atoms with Gasteiger partial charge in [-0.1, -0.05) is 12.1 Å². The number of hydrazone groups is 1. The van der Waals surface area contributed by atoms with Gasteiger partial charge in [-0.05, 0) is 26.0 Å². The molecule has 138 valence electrons. The summed E-state index contributed by atoms with van der Waals surface area (Å²) in [6.45, 7) is 3.54. The number of carbonyl (C=O) groups is 2. The summed E-state index contributed by atoms with van der Waals surface area (Å²) >= 11 is 1.31. The number of carbonyl (C=O) groups excluding carboxylic acids is 1. The minimum Gasteiger partial charge on any atom is -0.479 e. The van der Waals surface area contributed by atoms with Crippen molar-refractivity contribution in [1.82, 2.24) is 4.98 Å². The molecule has 0 saturated carbocycles. The third kappa shape index (κ3) is 5.85. The van der Waals surface area contributed by atoms with Gasteiger partial charge < -0.3 is 14.6 Å². The van der Waals surface area contributed by atoms with Gasteiger partial charge in [-0.15, -0.1) is 11.3 Å². The predicted octanol–water partition coefficient (Wildman–Crippen LogP) is 2.55. The third-order valence-electron chi connectivity index (χ3n) is 3.12. The SMILES string of the molecule is CCOC(=O)Cc1csc(NN=Cc2ccccc2OC(C)C(=O)O)n1. The average molecular weight is 377 g/mol. The van der Waals surface area contributed by atoms with Gasteiger partial charge in [0.25, 0.3) is 0 Å². The van der Waals surface area contributed by atoms with Crippen molar-refractivity contribution < 1.29 is 24.2 Å². The van der Waals surface area contributed by atoms with Crippen LogP contribution in [0.15, 0.2) is 34.7 Å². The van der Waals surface area contributed by atoms with Crippen LogP contribution in [-0.2, 0) is 20.7 Å². The van der Waals surface area contributed by atoms with Crippen molar-refractivity contribution in [3.05, 3.63) is 40.9 Å². The monoisotopic (exact) mass is 377 g/mol. The van der Waals surface area contributed by atoms with Crippen molar-refractivity contribution in [2.75, 3.05) is 12.0 Å². The fourth-order valence-corrected chi connectivity index (χ4v) is 2.55. The Hall–Kier alpha value is -2.94. The van der Waals surface area contributed by atoms with Gasteiger partial charge in [-0.2, -0.15) is 5.10 Å². The molecular formula is C17H19N3O5S. The molecular weight excluding hydrogens is 358 g/mol. The second-order valence-electron chi connectivity index (χ2n) is 5.13. The van der Waals surface area contributed by atoms with Gasteiger partial charge in [0.2, 0.25) is 5.13 Å². The van der Waals surface area contributed by atoms with Crippen LogP contribution in [0.25, 0.3) is 0 Å². The largest absolute Gasteiger partial charge is 0.479 e. The van der Waals surface area contributed by atoms with Crippen LogP contribution >= 0.6 is 11.3 Å². The average Bonchev–Trinajstić information content (AvgIpc) is 3.03. The van der Waals surface area contributed by atoms with E-state index in [1.165, 1.54) is 24.5 Å². The van der Waals surface area contributed by atoms with Gasteiger partial charge in [0, 0.05) is 10.9 Å². The summed E-state index contributed by atoms with van der Waals surface area (Å²) < 4.78 is 10.3. The molecule has 0 saturated heterocycles. The Kier molecular flexibility index (Phi) is 7.10. The van der Waals surface area contributed by atoms with Crippen LogP contribution in [0.5, 0.6) is 5.75 Å². The zero-order valence-electron chi connectivity index (χ0n) is 14.3. The Bertz CT molecular complexity index is 790. The van der Waals surface area contributed by atoms with Crippen LogP contribution in [0.1, 0.15) is 25.1 Å². The molecule has 0 spiro atoms. The number of anilines is 1. The minimum absolute atomic E-state index is 0.111. The number of esters is 1. The Morgan fingerprint density at radius 3 is 2.92 bits per heavy atom. The molecule has 2 rings (SSSR count). The zero-order chi connectivity index (χ0) is 18.9. The molecule has 1 unspecified atom stereocenters. The van der Waals surface area contributed by atoms with Gasteiger partial charge >= 0.3 is 11.9 Å². The van der Waals surface area contributed by atoms with E-state index in [-0.39, 0.29) is 12.4 Å². The second kappa shape index (κ2) is 9.52. The van der Waals surface area contributed by atoms with Gasteiger partial charge in [0.05, 0.1) is 24.9 Å². The molecule has 8 nitrogen and oxygen atoms in total. The minimum atomic E-state index is -1.05. The molecule has 1 atom stereocenters. The van der Waals surface area contributed by atoms with Gasteiger partial charge in [0.15, 0.2) is 6.10 Å². The van der Waals surface area contributed by atoms with Crippen molar-refractivity contribution in [3.63, 3.8) is 0 Å². The second-order valence-corrected chi connectivity index (χ2v) is 5.99. The van der Waals surface area contributed by atoms with Crippen LogP contribution in [0.4, 0.5) is 5.13 Å². The Labute approximate surface area is 154 Å². The molecule has 0 fully saturated rings.